The quantitative estimate of drug-likeness (QED) is 0.528. The SMILES string of the molecule is CC(C)Oc1nc(NN)nc(NC2CCCN(C)C2)n1. The second-order valence-corrected chi connectivity index (χ2v) is 5.32. The lowest BCUT2D eigenvalue weighted by molar-refractivity contribution is 0.222. The number of aromatic nitrogens is 3. The van der Waals surface area contributed by atoms with E-state index >= 15 is 0 Å². The molecule has 1 aromatic rings. The highest BCUT2D eigenvalue weighted by molar-refractivity contribution is 5.36. The molecule has 112 valence electrons. The molecule has 1 fully saturated rings. The van der Waals surface area contributed by atoms with Gasteiger partial charge in [0.1, 0.15) is 0 Å². The van der Waals surface area contributed by atoms with Crippen molar-refractivity contribution in [2.24, 2.45) is 5.84 Å². The molecule has 0 aliphatic carbocycles. The summed E-state index contributed by atoms with van der Waals surface area (Å²) in [6.07, 6.45) is 2.26. The van der Waals surface area contributed by atoms with E-state index < -0.39 is 0 Å². The Morgan fingerprint density at radius 1 is 1.30 bits per heavy atom. The first kappa shape index (κ1) is 14.7. The first-order valence-corrected chi connectivity index (χ1v) is 6.91. The van der Waals surface area contributed by atoms with E-state index in [1.807, 2.05) is 13.8 Å². The molecule has 1 saturated heterocycles. The van der Waals surface area contributed by atoms with Crippen molar-refractivity contribution in [2.45, 2.75) is 38.8 Å². The fourth-order valence-corrected chi connectivity index (χ4v) is 2.22. The number of rotatable bonds is 5. The van der Waals surface area contributed by atoms with Gasteiger partial charge >= 0.3 is 6.01 Å². The summed E-state index contributed by atoms with van der Waals surface area (Å²) in [5.74, 6) is 6.16. The Labute approximate surface area is 119 Å². The van der Waals surface area contributed by atoms with E-state index in [1.165, 1.54) is 0 Å². The smallest absolute Gasteiger partial charge is 0.323 e. The van der Waals surface area contributed by atoms with E-state index in [0.29, 0.717) is 17.9 Å². The Kier molecular flexibility index (Phi) is 4.91. The lowest BCUT2D eigenvalue weighted by Gasteiger charge is -2.30. The summed E-state index contributed by atoms with van der Waals surface area (Å²) < 4.78 is 5.50. The van der Waals surface area contributed by atoms with Gasteiger partial charge in [-0.25, -0.2) is 5.84 Å². The second kappa shape index (κ2) is 6.67. The van der Waals surface area contributed by atoms with E-state index in [2.05, 4.69) is 37.6 Å². The molecule has 4 N–H and O–H groups in total. The van der Waals surface area contributed by atoms with Gasteiger partial charge in [-0.3, -0.25) is 5.43 Å². The number of likely N-dealkylation sites (tertiary alicyclic amines) is 1. The zero-order valence-electron chi connectivity index (χ0n) is 12.3. The van der Waals surface area contributed by atoms with Gasteiger partial charge in [0.2, 0.25) is 11.9 Å². The molecule has 8 heteroatoms. The Morgan fingerprint density at radius 3 is 2.70 bits per heavy atom. The topological polar surface area (TPSA) is 101 Å². The van der Waals surface area contributed by atoms with E-state index in [4.69, 9.17) is 10.6 Å². The van der Waals surface area contributed by atoms with Crippen LogP contribution in [0.1, 0.15) is 26.7 Å². The maximum absolute atomic E-state index is 5.50. The van der Waals surface area contributed by atoms with Gasteiger partial charge in [-0.15, -0.1) is 0 Å². The molecule has 1 aliphatic rings. The van der Waals surface area contributed by atoms with Gasteiger partial charge in [-0.05, 0) is 40.3 Å². The number of hydrogen-bond acceptors (Lipinski definition) is 8. The average Bonchev–Trinajstić information content (AvgIpc) is 2.37. The van der Waals surface area contributed by atoms with Gasteiger partial charge in [0.25, 0.3) is 0 Å². The molecule has 1 aromatic heterocycles. The molecule has 0 spiro atoms. The summed E-state index contributed by atoms with van der Waals surface area (Å²) >= 11 is 0. The van der Waals surface area contributed by atoms with Crippen LogP contribution in [0.5, 0.6) is 6.01 Å². The number of ether oxygens (including phenoxy) is 1. The van der Waals surface area contributed by atoms with Gasteiger partial charge in [0, 0.05) is 12.6 Å². The number of anilines is 2. The van der Waals surface area contributed by atoms with Crippen LogP contribution in [-0.4, -0.2) is 52.1 Å². The molecule has 1 unspecified atom stereocenters. The lowest BCUT2D eigenvalue weighted by atomic mass is 10.1. The molecule has 2 heterocycles. The predicted molar refractivity (Wildman–Crippen MR) is 77.5 cm³/mol. The third-order valence-corrected chi connectivity index (χ3v) is 3.04. The molecule has 20 heavy (non-hydrogen) atoms. The van der Waals surface area contributed by atoms with Crippen LogP contribution in [0.15, 0.2) is 0 Å². The highest BCUT2D eigenvalue weighted by Crippen LogP contribution is 2.16. The van der Waals surface area contributed by atoms with E-state index in [1.54, 1.807) is 0 Å². The zero-order chi connectivity index (χ0) is 14.5. The average molecular weight is 281 g/mol. The third-order valence-electron chi connectivity index (χ3n) is 3.04. The number of nitrogens with two attached hydrogens (primary N) is 1. The third kappa shape index (κ3) is 4.17. The van der Waals surface area contributed by atoms with Gasteiger partial charge in [-0.2, -0.15) is 15.0 Å². The number of nitrogen functional groups attached to an aromatic ring is 1. The predicted octanol–water partition coefficient (Wildman–Crippen LogP) is 0.451. The number of piperidine rings is 1. The fraction of sp³-hybridized carbons (Fsp3) is 0.750. The van der Waals surface area contributed by atoms with Gasteiger partial charge in [0.15, 0.2) is 0 Å². The Hall–Kier alpha value is -1.67. The van der Waals surface area contributed by atoms with Crippen molar-refractivity contribution in [1.82, 2.24) is 19.9 Å². The van der Waals surface area contributed by atoms with Gasteiger partial charge < -0.3 is 15.0 Å². The number of nitrogens with zero attached hydrogens (tertiary/aromatic N) is 4. The van der Waals surface area contributed by atoms with E-state index in [-0.39, 0.29) is 12.1 Å². The van der Waals surface area contributed by atoms with Crippen molar-refractivity contribution in [3.05, 3.63) is 0 Å². The largest absolute Gasteiger partial charge is 0.461 e. The number of likely N-dealkylation sites (N-methyl/N-ethyl adjacent to an activating group) is 1. The minimum absolute atomic E-state index is 0.00307. The number of hydrogen-bond donors (Lipinski definition) is 3. The molecule has 2 rings (SSSR count). The molecular formula is C12H23N7O. The van der Waals surface area contributed by atoms with Crippen LogP contribution in [0.2, 0.25) is 0 Å². The molecule has 0 saturated carbocycles. The van der Waals surface area contributed by atoms with Crippen LogP contribution >= 0.6 is 0 Å². The van der Waals surface area contributed by atoms with E-state index in [0.717, 1.165) is 25.9 Å². The normalized spacial score (nSPS) is 19.9. The van der Waals surface area contributed by atoms with Crippen molar-refractivity contribution >= 4 is 11.9 Å². The van der Waals surface area contributed by atoms with Crippen molar-refractivity contribution in [2.75, 3.05) is 30.9 Å². The summed E-state index contributed by atoms with van der Waals surface area (Å²) in [6.45, 7) is 5.94. The maximum Gasteiger partial charge on any atom is 0.323 e. The fourth-order valence-electron chi connectivity index (χ4n) is 2.22. The van der Waals surface area contributed by atoms with Crippen LogP contribution < -0.4 is 21.3 Å². The molecule has 0 bridgehead atoms. The Bertz CT molecular complexity index is 440. The minimum atomic E-state index is -0.00307. The molecule has 8 nitrogen and oxygen atoms in total. The van der Waals surface area contributed by atoms with Crippen LogP contribution in [0.3, 0.4) is 0 Å². The molecule has 0 amide bonds. The first-order valence-electron chi connectivity index (χ1n) is 6.91. The Balaban J connectivity index is 2.09. The zero-order valence-corrected chi connectivity index (χ0v) is 12.3. The highest BCUT2D eigenvalue weighted by atomic mass is 16.5. The maximum atomic E-state index is 5.50. The summed E-state index contributed by atoms with van der Waals surface area (Å²) in [6, 6.07) is 0.600. The summed E-state index contributed by atoms with van der Waals surface area (Å²) in [7, 11) is 2.11. The van der Waals surface area contributed by atoms with Crippen LogP contribution in [0.25, 0.3) is 0 Å². The van der Waals surface area contributed by atoms with Crippen molar-refractivity contribution in [1.29, 1.82) is 0 Å². The van der Waals surface area contributed by atoms with Crippen molar-refractivity contribution < 1.29 is 4.74 Å². The van der Waals surface area contributed by atoms with Gasteiger partial charge in [0.05, 0.1) is 6.10 Å². The molecular weight excluding hydrogens is 258 g/mol. The molecule has 1 atom stereocenters. The Morgan fingerprint density at radius 2 is 2.05 bits per heavy atom. The van der Waals surface area contributed by atoms with E-state index in [9.17, 15) is 0 Å². The molecule has 0 aromatic carbocycles. The minimum Gasteiger partial charge on any atom is -0.461 e. The summed E-state index contributed by atoms with van der Waals surface area (Å²) in [5, 5.41) is 3.32. The lowest BCUT2D eigenvalue weighted by Crippen LogP contribution is -2.40. The summed E-state index contributed by atoms with van der Waals surface area (Å²) in [5.41, 5.74) is 2.43. The number of nitrogens with one attached hydrogen (secondary N) is 2. The van der Waals surface area contributed by atoms with Crippen LogP contribution in [-0.2, 0) is 0 Å². The molecule has 1 aliphatic heterocycles. The second-order valence-electron chi connectivity index (χ2n) is 5.32. The van der Waals surface area contributed by atoms with Crippen LogP contribution in [0, 0.1) is 0 Å². The van der Waals surface area contributed by atoms with Crippen LogP contribution in [0.4, 0.5) is 11.9 Å². The standard InChI is InChI=1S/C12H23N7O/c1-8(2)20-12-16-10(15-11(17-12)18-13)14-9-5-4-6-19(3)7-9/h8-9H,4-7,13H2,1-3H3,(H2,14,15,16,17,18). The first-order chi connectivity index (χ1) is 9.56. The number of hydrazine groups is 1. The van der Waals surface area contributed by atoms with Gasteiger partial charge in [-0.1, -0.05) is 0 Å². The van der Waals surface area contributed by atoms with Crippen molar-refractivity contribution in [3.8, 4) is 6.01 Å². The van der Waals surface area contributed by atoms with Crippen molar-refractivity contribution in [3.63, 3.8) is 0 Å². The monoisotopic (exact) mass is 281 g/mol. The summed E-state index contributed by atoms with van der Waals surface area (Å²) in [4.78, 5) is 14.8. The molecule has 0 radical (unpaired) electrons. The highest BCUT2D eigenvalue weighted by Gasteiger charge is 2.18.